The first-order valence-corrected chi connectivity index (χ1v) is 15.9. The maximum atomic E-state index is 12.3. The summed E-state index contributed by atoms with van der Waals surface area (Å²) in [5, 5.41) is 9.17. The van der Waals surface area contributed by atoms with Crippen LogP contribution in [0.4, 0.5) is 0 Å². The molecule has 0 unspecified atom stereocenters. The van der Waals surface area contributed by atoms with Crippen molar-refractivity contribution in [1.29, 1.82) is 0 Å². The Balaban J connectivity index is 0.000000403. The van der Waals surface area contributed by atoms with Crippen molar-refractivity contribution in [1.82, 2.24) is 9.44 Å². The molecule has 2 aromatic carbocycles. The van der Waals surface area contributed by atoms with Gasteiger partial charge in [-0.15, -0.1) is 0 Å². The first-order valence-electron chi connectivity index (χ1n) is 13.6. The molecule has 0 radical (unpaired) electrons. The zero-order valence-corrected chi connectivity index (χ0v) is 26.1. The van der Waals surface area contributed by atoms with E-state index in [0.717, 1.165) is 47.9 Å². The van der Waals surface area contributed by atoms with Gasteiger partial charge >= 0.3 is 11.9 Å². The van der Waals surface area contributed by atoms with E-state index in [1.54, 1.807) is 25.1 Å². The summed E-state index contributed by atoms with van der Waals surface area (Å²) in [4.78, 5) is 23.2. The van der Waals surface area contributed by atoms with Crippen LogP contribution in [0.3, 0.4) is 0 Å². The van der Waals surface area contributed by atoms with Crippen molar-refractivity contribution in [3.63, 3.8) is 0 Å². The molecule has 0 heterocycles. The number of carbonyl (C=O) groups excluding carboxylic acids is 1. The molecular formula is C32H50N2O6S2. The number of carbonyl (C=O) groups is 2. The molecule has 2 aromatic rings. The average Bonchev–Trinajstić information content (AvgIpc) is 3.47. The number of nitrogens with one attached hydrogen (secondary N) is 2. The second kappa shape index (κ2) is 15.4. The third kappa shape index (κ3) is 9.05. The molecule has 0 aliphatic heterocycles. The second-order valence-corrected chi connectivity index (χ2v) is 15.9. The highest BCUT2D eigenvalue weighted by molar-refractivity contribution is 7.84. The predicted octanol–water partition coefficient (Wildman–Crippen LogP) is 6.60. The molecule has 4 rings (SSSR count). The van der Waals surface area contributed by atoms with E-state index >= 15 is 0 Å². The number of fused-ring (bicyclic) bond motifs is 2. The van der Waals surface area contributed by atoms with Crippen molar-refractivity contribution in [2.75, 3.05) is 6.61 Å². The van der Waals surface area contributed by atoms with Crippen molar-refractivity contribution in [3.05, 3.63) is 69.8 Å². The Morgan fingerprint density at radius 1 is 0.810 bits per heavy atom. The maximum absolute atomic E-state index is 12.3. The zero-order valence-electron chi connectivity index (χ0n) is 24.5. The van der Waals surface area contributed by atoms with Crippen molar-refractivity contribution in [3.8, 4) is 0 Å². The van der Waals surface area contributed by atoms with Crippen LogP contribution in [0.1, 0.15) is 131 Å². The van der Waals surface area contributed by atoms with Gasteiger partial charge in [-0.05, 0) is 109 Å². The molecule has 236 valence electrons. The van der Waals surface area contributed by atoms with E-state index in [1.807, 2.05) is 59.7 Å². The summed E-state index contributed by atoms with van der Waals surface area (Å²) >= 11 is 0. The topological polar surface area (TPSA) is 122 Å². The van der Waals surface area contributed by atoms with Gasteiger partial charge in [-0.3, -0.25) is 0 Å². The molecule has 2 aliphatic carbocycles. The van der Waals surface area contributed by atoms with E-state index in [-0.39, 0.29) is 42.4 Å². The lowest BCUT2D eigenvalue weighted by Gasteiger charge is -2.22. The monoisotopic (exact) mass is 622 g/mol. The summed E-state index contributed by atoms with van der Waals surface area (Å²) in [5.74, 6) is -1.17. The lowest BCUT2D eigenvalue weighted by molar-refractivity contribution is 0.0524. The summed E-state index contributed by atoms with van der Waals surface area (Å²) in [6.07, 6.45) is 3.18. The average molecular weight is 623 g/mol. The van der Waals surface area contributed by atoms with Crippen LogP contribution in [0.15, 0.2) is 36.4 Å². The minimum Gasteiger partial charge on any atom is -0.478 e. The summed E-state index contributed by atoms with van der Waals surface area (Å²) in [5.41, 5.74) is 4.94. The Bertz CT molecular complexity index is 1300. The third-order valence-corrected chi connectivity index (χ3v) is 10.1. The quantitative estimate of drug-likeness (QED) is 0.299. The molecule has 0 saturated carbocycles. The molecule has 0 saturated heterocycles. The molecule has 0 fully saturated rings. The van der Waals surface area contributed by atoms with Crippen molar-refractivity contribution in [2.45, 2.75) is 111 Å². The van der Waals surface area contributed by atoms with Crippen LogP contribution in [0.25, 0.3) is 0 Å². The minimum absolute atomic E-state index is 0. The number of rotatable bonds is 7. The minimum atomic E-state index is -1.15. The molecule has 2 aliphatic rings. The summed E-state index contributed by atoms with van der Waals surface area (Å²) in [6, 6.07) is 11.0. The summed E-state index contributed by atoms with van der Waals surface area (Å²) < 4.78 is 35.2. The van der Waals surface area contributed by atoms with Gasteiger partial charge in [0.05, 0.1) is 49.2 Å². The molecule has 0 bridgehead atoms. The van der Waals surface area contributed by atoms with Crippen LogP contribution in [0.5, 0.6) is 0 Å². The van der Waals surface area contributed by atoms with E-state index < -0.39 is 27.9 Å². The lowest BCUT2D eigenvalue weighted by atomic mass is 10.0. The first kappa shape index (κ1) is 37.6. The Hall–Kier alpha value is -2.40. The molecule has 0 spiro atoms. The van der Waals surface area contributed by atoms with Gasteiger partial charge in [0.25, 0.3) is 0 Å². The van der Waals surface area contributed by atoms with E-state index in [1.165, 1.54) is 0 Å². The molecule has 0 amide bonds. The fraction of sp³-hybridized carbons (Fsp3) is 0.562. The van der Waals surface area contributed by atoms with Crippen LogP contribution in [-0.2, 0) is 39.5 Å². The number of carboxylic acid groups (broad SMARTS) is 1. The Labute approximate surface area is 257 Å². The fourth-order valence-electron chi connectivity index (χ4n) is 4.77. The van der Waals surface area contributed by atoms with Gasteiger partial charge in [-0.25, -0.2) is 27.5 Å². The number of esters is 1. The van der Waals surface area contributed by atoms with Crippen molar-refractivity contribution < 1.29 is 27.9 Å². The van der Waals surface area contributed by atoms with E-state index in [2.05, 4.69) is 9.44 Å². The molecular weight excluding hydrogens is 572 g/mol. The number of hydrogen-bond acceptors (Lipinski definition) is 5. The highest BCUT2D eigenvalue weighted by Crippen LogP contribution is 2.35. The predicted molar refractivity (Wildman–Crippen MR) is 173 cm³/mol. The molecule has 10 heteroatoms. The SMILES string of the molecule is C.C.CC(C)(C)[S@](=O)N[C@H]1CCc2c(C(=O)O)cccc21.CCOC(=O)c1cccc2c1CC[C@@H]2N[S@@](=O)C(C)(C)C. The molecule has 4 atom stereocenters. The number of ether oxygens (including phenoxy) is 1. The zero-order chi connectivity index (χ0) is 29.8. The largest absolute Gasteiger partial charge is 0.478 e. The number of aromatic carboxylic acids is 1. The van der Waals surface area contributed by atoms with Crippen LogP contribution >= 0.6 is 0 Å². The Morgan fingerprint density at radius 2 is 1.21 bits per heavy atom. The van der Waals surface area contributed by atoms with Crippen molar-refractivity contribution in [2.24, 2.45) is 0 Å². The van der Waals surface area contributed by atoms with Gasteiger partial charge in [0.15, 0.2) is 0 Å². The third-order valence-electron chi connectivity index (χ3n) is 6.88. The highest BCUT2D eigenvalue weighted by atomic mass is 32.2. The second-order valence-electron chi connectivity index (χ2n) is 12.0. The van der Waals surface area contributed by atoms with Gasteiger partial charge in [0.2, 0.25) is 0 Å². The van der Waals surface area contributed by atoms with Gasteiger partial charge in [-0.1, -0.05) is 39.1 Å². The first-order chi connectivity index (χ1) is 18.6. The van der Waals surface area contributed by atoms with Gasteiger partial charge < -0.3 is 9.84 Å². The molecule has 8 nitrogen and oxygen atoms in total. The normalized spacial score (nSPS) is 18.6. The molecule has 0 aromatic heterocycles. The van der Waals surface area contributed by atoms with E-state index in [0.29, 0.717) is 17.7 Å². The van der Waals surface area contributed by atoms with Crippen LogP contribution in [-0.4, -0.2) is 41.6 Å². The highest BCUT2D eigenvalue weighted by Gasteiger charge is 2.31. The number of benzene rings is 2. The van der Waals surface area contributed by atoms with Crippen molar-refractivity contribution >= 4 is 33.9 Å². The molecule has 3 N–H and O–H groups in total. The lowest BCUT2D eigenvalue weighted by Crippen LogP contribution is -2.35. The number of carboxylic acids is 1. The fourth-order valence-corrected chi connectivity index (χ4v) is 6.48. The van der Waals surface area contributed by atoms with Crippen LogP contribution < -0.4 is 9.44 Å². The summed E-state index contributed by atoms with van der Waals surface area (Å²) in [6.45, 7) is 13.8. The Morgan fingerprint density at radius 3 is 1.60 bits per heavy atom. The standard InChI is InChI=1S/C16H23NO3S.C14H19NO3S.2CH4/c1-5-20-15(18)13-8-6-7-12-11(13)9-10-14(12)17-21(19)16(2,3)4;1-14(2,3)19(18)15-12-8-7-9-10(12)5-4-6-11(9)13(16)17;;/h6-8,14,17H,5,9-10H2,1-4H3;4-6,12,15H,7-8H2,1-3H3,(H,16,17);2*1H4/t14-,21-;12-,19-;;/m00../s1. The van der Waals surface area contributed by atoms with E-state index in [9.17, 15) is 18.0 Å². The number of hydrogen-bond donors (Lipinski definition) is 3. The smallest absolute Gasteiger partial charge is 0.338 e. The van der Waals surface area contributed by atoms with Crippen LogP contribution in [0.2, 0.25) is 0 Å². The maximum Gasteiger partial charge on any atom is 0.338 e. The Kier molecular flexibility index (Phi) is 13.8. The molecule has 42 heavy (non-hydrogen) atoms. The van der Waals surface area contributed by atoms with Crippen LogP contribution in [0, 0.1) is 0 Å². The van der Waals surface area contributed by atoms with Gasteiger partial charge in [0.1, 0.15) is 0 Å². The van der Waals surface area contributed by atoms with Gasteiger partial charge in [-0.2, -0.15) is 0 Å². The van der Waals surface area contributed by atoms with Gasteiger partial charge in [0, 0.05) is 12.1 Å². The van der Waals surface area contributed by atoms with E-state index in [4.69, 9.17) is 9.84 Å². The summed E-state index contributed by atoms with van der Waals surface area (Å²) in [7, 11) is -2.27.